The third kappa shape index (κ3) is 9.22. The van der Waals surface area contributed by atoms with Crippen LogP contribution >= 0.6 is 7.82 Å². The molecule has 6 heteroatoms. The largest absolute Gasteiger partial charge is 0.756 e. The van der Waals surface area contributed by atoms with Gasteiger partial charge in [-0.05, 0) is 75.0 Å². The van der Waals surface area contributed by atoms with E-state index in [4.69, 9.17) is 9.05 Å². The molecule has 0 aliphatic heterocycles. The summed E-state index contributed by atoms with van der Waals surface area (Å²) in [4.78, 5) is 11.7. The fourth-order valence-electron chi connectivity index (χ4n) is 6.28. The highest BCUT2D eigenvalue weighted by Crippen LogP contribution is 2.56. The van der Waals surface area contributed by atoms with Crippen molar-refractivity contribution in [3.8, 4) is 0 Å². The topological polar surface area (TPSA) is 58.6 Å². The Bertz CT molecular complexity index is 612. The fraction of sp³-hybridized carbons (Fsp3) is 0.923. The van der Waals surface area contributed by atoms with Crippen LogP contribution in [0, 0.1) is 23.7 Å². The third-order valence-electron chi connectivity index (χ3n) is 7.82. The minimum atomic E-state index is -4.14. The average molecular weight is 470 g/mol. The van der Waals surface area contributed by atoms with Crippen LogP contribution in [0.25, 0.3) is 0 Å². The summed E-state index contributed by atoms with van der Waals surface area (Å²) in [5.41, 5.74) is 1.86. The van der Waals surface area contributed by atoms with E-state index in [1.807, 2.05) is 26.7 Å². The second-order valence-corrected chi connectivity index (χ2v) is 13.2. The van der Waals surface area contributed by atoms with Crippen molar-refractivity contribution in [2.75, 3.05) is 40.9 Å². The highest BCUT2D eigenvalue weighted by Gasteiger charge is 2.44. The molecule has 0 aromatic rings. The quantitative estimate of drug-likeness (QED) is 0.119. The average Bonchev–Trinajstić information content (AvgIpc) is 2.68. The summed E-state index contributed by atoms with van der Waals surface area (Å²) in [6, 6.07) is 0. The number of rotatable bonds is 16. The van der Waals surface area contributed by atoms with Crippen LogP contribution in [0.4, 0.5) is 0 Å². The van der Waals surface area contributed by atoms with Crippen LogP contribution in [0.2, 0.25) is 0 Å². The number of allylic oxidation sites excluding steroid dienone is 2. The van der Waals surface area contributed by atoms with Crippen molar-refractivity contribution >= 4 is 7.82 Å². The van der Waals surface area contributed by atoms with Crippen LogP contribution in [0.5, 0.6) is 0 Å². The van der Waals surface area contributed by atoms with Crippen LogP contribution in [-0.2, 0) is 13.6 Å². The Balaban J connectivity index is 1.12. The van der Waals surface area contributed by atoms with E-state index >= 15 is 0 Å². The predicted molar refractivity (Wildman–Crippen MR) is 129 cm³/mol. The number of phosphoric acid groups is 1. The molecule has 0 N–H and O–H groups in total. The first-order chi connectivity index (χ1) is 15.2. The van der Waals surface area contributed by atoms with E-state index in [2.05, 4.69) is 6.08 Å². The van der Waals surface area contributed by atoms with Gasteiger partial charge in [-0.15, -0.1) is 0 Å². The van der Waals surface area contributed by atoms with E-state index in [1.54, 1.807) is 0 Å². The summed E-state index contributed by atoms with van der Waals surface area (Å²) < 4.78 is 22.3. The molecule has 0 aromatic heterocycles. The molecule has 0 saturated heterocycles. The van der Waals surface area contributed by atoms with Crippen LogP contribution in [0.15, 0.2) is 11.6 Å². The normalized spacial score (nSPS) is 28.8. The van der Waals surface area contributed by atoms with Gasteiger partial charge in [0, 0.05) is 0 Å². The van der Waals surface area contributed by atoms with Crippen LogP contribution in [0.1, 0.15) is 89.9 Å². The Morgan fingerprint density at radius 2 is 1.31 bits per heavy atom. The molecule has 4 saturated carbocycles. The minimum Gasteiger partial charge on any atom is -0.756 e. The zero-order valence-electron chi connectivity index (χ0n) is 20.9. The van der Waals surface area contributed by atoms with Crippen LogP contribution in [0.3, 0.4) is 0 Å². The predicted octanol–water partition coefficient (Wildman–Crippen LogP) is 6.09. The monoisotopic (exact) mass is 469 g/mol. The highest BCUT2D eigenvalue weighted by atomic mass is 31.2. The summed E-state index contributed by atoms with van der Waals surface area (Å²) in [5.74, 6) is 4.05. The molecule has 1 unspecified atom stereocenters. The van der Waals surface area contributed by atoms with Gasteiger partial charge in [0.05, 0.1) is 27.7 Å². The van der Waals surface area contributed by atoms with Crippen molar-refractivity contribution in [1.82, 2.24) is 0 Å². The smallest absolute Gasteiger partial charge is 0.268 e. The molecule has 4 aliphatic carbocycles. The molecule has 4 aliphatic rings. The number of phosphoric ester groups is 1. The van der Waals surface area contributed by atoms with Gasteiger partial charge >= 0.3 is 0 Å². The lowest BCUT2D eigenvalue weighted by Gasteiger charge is -2.51. The Kier molecular flexibility index (Phi) is 10.3. The fourth-order valence-corrected chi connectivity index (χ4v) is 7.01. The maximum Gasteiger partial charge on any atom is 0.268 e. The number of hydrogen-bond donors (Lipinski definition) is 0. The lowest BCUT2D eigenvalue weighted by atomic mass is 9.54. The standard InChI is InChI=1S/C26H48NO4P/c1-27(2,3)14-16-31-32(28,29)30-15-12-10-8-6-4-5-7-9-11-13-26-24-18-22-17-23(20-24)21-25(26)19-22/h13,22-25H,4-12,14-21H2,1-3H3. The second kappa shape index (κ2) is 12.5. The van der Waals surface area contributed by atoms with Gasteiger partial charge in [0.15, 0.2) is 0 Å². The molecule has 1 atom stereocenters. The number of likely N-dealkylation sites (N-methyl/N-ethyl adjacent to an activating group) is 1. The first-order valence-corrected chi connectivity index (χ1v) is 14.8. The molecule has 4 rings (SSSR count). The molecule has 4 bridgehead atoms. The number of unbranched alkanes of at least 4 members (excludes halogenated alkanes) is 8. The van der Waals surface area contributed by atoms with Crippen molar-refractivity contribution in [3.63, 3.8) is 0 Å². The summed E-state index contributed by atoms with van der Waals surface area (Å²) in [5, 5.41) is 0. The highest BCUT2D eigenvalue weighted by molar-refractivity contribution is 7.45. The third-order valence-corrected chi connectivity index (χ3v) is 8.82. The molecule has 32 heavy (non-hydrogen) atoms. The number of hydrogen-bond acceptors (Lipinski definition) is 4. The number of nitrogens with zero attached hydrogens (tertiary/aromatic N) is 1. The molecule has 0 spiro atoms. The van der Waals surface area contributed by atoms with E-state index in [-0.39, 0.29) is 13.2 Å². The first-order valence-electron chi connectivity index (χ1n) is 13.3. The molecule has 0 aromatic carbocycles. The first kappa shape index (κ1) is 26.4. The summed E-state index contributed by atoms with van der Waals surface area (Å²) in [6.45, 7) is 1.04. The zero-order chi connectivity index (χ0) is 23.0. The lowest BCUT2D eigenvalue weighted by molar-refractivity contribution is -0.870. The van der Waals surface area contributed by atoms with Crippen molar-refractivity contribution in [2.45, 2.75) is 89.9 Å². The molecular weight excluding hydrogens is 421 g/mol. The van der Waals surface area contributed by atoms with E-state index in [9.17, 15) is 9.46 Å². The molecule has 0 amide bonds. The van der Waals surface area contributed by atoms with Gasteiger partial charge in [-0.25, -0.2) is 0 Å². The molecule has 4 fully saturated rings. The Morgan fingerprint density at radius 1 is 0.812 bits per heavy atom. The van der Waals surface area contributed by atoms with Crippen molar-refractivity contribution in [3.05, 3.63) is 11.6 Å². The maximum atomic E-state index is 11.7. The molecule has 0 heterocycles. The zero-order valence-corrected chi connectivity index (χ0v) is 21.8. The van der Waals surface area contributed by atoms with Crippen LogP contribution < -0.4 is 4.89 Å². The number of quaternary nitrogens is 1. The summed E-state index contributed by atoms with van der Waals surface area (Å²) >= 11 is 0. The van der Waals surface area contributed by atoms with Gasteiger partial charge in [0.25, 0.3) is 7.82 Å². The second-order valence-electron chi connectivity index (χ2n) is 11.8. The SMILES string of the molecule is C[N+](C)(C)CCOP(=O)([O-])OCCCCCCCCCCC=C1C2CC3CC(C2)CC1C3. The lowest BCUT2D eigenvalue weighted by Crippen LogP contribution is -2.40. The molecular formula is C26H48NO4P. The van der Waals surface area contributed by atoms with E-state index in [1.165, 1.54) is 70.6 Å². The minimum absolute atomic E-state index is 0.170. The van der Waals surface area contributed by atoms with Crippen molar-refractivity contribution in [1.29, 1.82) is 0 Å². The van der Waals surface area contributed by atoms with E-state index in [0.29, 0.717) is 11.0 Å². The van der Waals surface area contributed by atoms with E-state index in [0.717, 1.165) is 42.9 Å². The molecule has 186 valence electrons. The summed E-state index contributed by atoms with van der Waals surface area (Å²) in [6.07, 6.45) is 21.0. The van der Waals surface area contributed by atoms with Gasteiger partial charge in [-0.3, -0.25) is 4.57 Å². The maximum absolute atomic E-state index is 11.7. The van der Waals surface area contributed by atoms with Crippen molar-refractivity contribution < 1.29 is 23.0 Å². The Labute approximate surface area is 197 Å². The van der Waals surface area contributed by atoms with Gasteiger partial charge in [-0.1, -0.05) is 50.2 Å². The van der Waals surface area contributed by atoms with Gasteiger partial charge in [0.1, 0.15) is 13.2 Å². The Hall–Kier alpha value is -0.190. The van der Waals surface area contributed by atoms with E-state index < -0.39 is 7.82 Å². The van der Waals surface area contributed by atoms with Gasteiger partial charge in [-0.2, -0.15) is 0 Å². The van der Waals surface area contributed by atoms with Crippen LogP contribution in [-0.4, -0.2) is 45.4 Å². The van der Waals surface area contributed by atoms with Gasteiger partial charge in [0.2, 0.25) is 0 Å². The molecule has 0 radical (unpaired) electrons. The summed E-state index contributed by atoms with van der Waals surface area (Å²) in [7, 11) is 1.86. The Morgan fingerprint density at radius 3 is 1.88 bits per heavy atom. The van der Waals surface area contributed by atoms with Crippen molar-refractivity contribution in [2.24, 2.45) is 23.7 Å². The van der Waals surface area contributed by atoms with Gasteiger partial charge < -0.3 is 18.4 Å². The molecule has 5 nitrogen and oxygen atoms in total.